The molecule has 1 aromatic heterocycles. The van der Waals surface area contributed by atoms with E-state index in [2.05, 4.69) is 37.4 Å². The monoisotopic (exact) mass is 648 g/mol. The number of carbonyl (C=O) groups is 3. The number of nitrogens with one attached hydrogen (secondary N) is 2. The maximum absolute atomic E-state index is 13.2. The first-order valence-corrected chi connectivity index (χ1v) is 15.8. The van der Waals surface area contributed by atoms with Crippen LogP contribution in [0.5, 0.6) is 0 Å². The Morgan fingerprint density at radius 1 is 0.851 bits per heavy atom. The number of aliphatic hydroxyl groups is 1. The number of thioether (sulfide) groups is 1. The molecule has 0 spiro atoms. The van der Waals surface area contributed by atoms with E-state index in [0.717, 1.165) is 16.7 Å². The first-order chi connectivity index (χ1) is 23.0. The van der Waals surface area contributed by atoms with Crippen molar-refractivity contribution in [1.82, 2.24) is 15.2 Å². The molecule has 1 unspecified atom stereocenters. The molecule has 236 valence electrons. The molecule has 2 aliphatic rings. The van der Waals surface area contributed by atoms with Crippen LogP contribution >= 0.6 is 11.8 Å². The quantitative estimate of drug-likeness (QED) is 0.105. The van der Waals surface area contributed by atoms with E-state index in [1.165, 1.54) is 36.3 Å². The number of cyclic esters (lactones) is 2. The van der Waals surface area contributed by atoms with Crippen LogP contribution in [0.4, 0.5) is 5.69 Å². The lowest BCUT2D eigenvalue weighted by atomic mass is 9.84. The summed E-state index contributed by atoms with van der Waals surface area (Å²) in [5, 5.41) is 20.1. The Labute approximate surface area is 273 Å². The average molecular weight is 649 g/mol. The van der Waals surface area contributed by atoms with Gasteiger partial charge in [-0.15, -0.1) is 0 Å². The number of esters is 2. The maximum Gasteiger partial charge on any atom is 0.346 e. The summed E-state index contributed by atoms with van der Waals surface area (Å²) in [6.07, 6.45) is -0.0862. The summed E-state index contributed by atoms with van der Waals surface area (Å²) in [6, 6.07) is 29.2. The second kappa shape index (κ2) is 13.3. The third-order valence-corrected chi connectivity index (χ3v) is 9.04. The Morgan fingerprint density at radius 2 is 1.64 bits per heavy atom. The van der Waals surface area contributed by atoms with Crippen LogP contribution in [0.2, 0.25) is 0 Å². The van der Waals surface area contributed by atoms with E-state index in [1.807, 2.05) is 48.5 Å². The largest absolute Gasteiger partial charge is 0.392 e. The number of hydrogen-bond donors (Lipinski definition) is 3. The smallest absolute Gasteiger partial charge is 0.346 e. The highest BCUT2D eigenvalue weighted by atomic mass is 32.2. The number of carbonyl (C=O) groups excluding carboxylic acids is 3. The molecule has 1 fully saturated rings. The van der Waals surface area contributed by atoms with Gasteiger partial charge in [-0.05, 0) is 47.0 Å². The lowest BCUT2D eigenvalue weighted by molar-refractivity contribution is -0.255. The summed E-state index contributed by atoms with van der Waals surface area (Å²) in [5.74, 6) is -1.62. The van der Waals surface area contributed by atoms with Crippen LogP contribution in [0.1, 0.15) is 71.6 Å². The fourth-order valence-corrected chi connectivity index (χ4v) is 6.62. The van der Waals surface area contributed by atoms with E-state index < -0.39 is 30.2 Å². The molecule has 0 bridgehead atoms. The van der Waals surface area contributed by atoms with E-state index in [0.29, 0.717) is 22.2 Å². The number of amides is 1. The third kappa shape index (κ3) is 6.44. The van der Waals surface area contributed by atoms with Gasteiger partial charge in [0, 0.05) is 28.5 Å². The topological polar surface area (TPSA) is 153 Å². The summed E-state index contributed by atoms with van der Waals surface area (Å²) < 4.78 is 18.1. The van der Waals surface area contributed by atoms with Gasteiger partial charge in [0.15, 0.2) is 11.4 Å². The predicted molar refractivity (Wildman–Crippen MR) is 171 cm³/mol. The van der Waals surface area contributed by atoms with Crippen molar-refractivity contribution in [3.05, 3.63) is 142 Å². The molecule has 5 aromatic rings. The van der Waals surface area contributed by atoms with Crippen LogP contribution in [0, 0.1) is 0 Å². The van der Waals surface area contributed by atoms with Crippen molar-refractivity contribution >= 4 is 35.3 Å². The SMILES string of the molecule is O=C(Nc1cccc(C2O[C@H](CSc3ncn[nH]3)[C@@H](c3ccccc3)[C@H](c3ccc(CO)cc3)O2)c1)c1ccc2c(c1)C(=O)OC2=O. The molecule has 4 aromatic carbocycles. The number of anilines is 1. The number of aromatic nitrogens is 3. The molecule has 3 N–H and O–H groups in total. The molecule has 1 saturated heterocycles. The Bertz CT molecular complexity index is 1920. The summed E-state index contributed by atoms with van der Waals surface area (Å²) in [6.45, 7) is -0.0672. The highest BCUT2D eigenvalue weighted by molar-refractivity contribution is 7.99. The number of fused-ring (bicyclic) bond motifs is 1. The number of aliphatic hydroxyl groups excluding tert-OH is 1. The summed E-state index contributed by atoms with van der Waals surface area (Å²) in [4.78, 5) is 41.3. The zero-order valence-electron chi connectivity index (χ0n) is 24.7. The Kier molecular flexibility index (Phi) is 8.64. The van der Waals surface area contributed by atoms with Gasteiger partial charge in [-0.25, -0.2) is 14.6 Å². The molecule has 7 rings (SSSR count). The molecule has 3 heterocycles. The first kappa shape index (κ1) is 30.5. The second-order valence-corrected chi connectivity index (χ2v) is 12.0. The molecule has 4 atom stereocenters. The van der Waals surface area contributed by atoms with Crippen LogP contribution in [0.3, 0.4) is 0 Å². The highest BCUT2D eigenvalue weighted by Crippen LogP contribution is 2.48. The van der Waals surface area contributed by atoms with Gasteiger partial charge in [-0.1, -0.05) is 78.5 Å². The zero-order chi connectivity index (χ0) is 32.3. The molecule has 11 nitrogen and oxygen atoms in total. The number of nitrogens with zero attached hydrogens (tertiary/aromatic N) is 2. The van der Waals surface area contributed by atoms with Crippen LogP contribution in [-0.2, 0) is 20.8 Å². The second-order valence-electron chi connectivity index (χ2n) is 11.0. The van der Waals surface area contributed by atoms with Gasteiger partial charge >= 0.3 is 11.9 Å². The number of rotatable bonds is 9. The van der Waals surface area contributed by atoms with Gasteiger partial charge in [0.25, 0.3) is 5.91 Å². The standard InChI is InChI=1S/C35H28N4O7S/c40-17-20-9-11-22(12-10-20)30-29(21-5-2-1-3-6-21)28(18-47-35-36-19-37-39-35)44-34(45-30)24-7-4-8-25(15-24)38-31(41)23-13-14-26-27(16-23)33(43)46-32(26)42/h1-16,19,28-30,34,40H,17-18H2,(H,38,41)(H,36,37,39)/t28-,29-,30+,34?/m1/s1. The number of aromatic amines is 1. The molecule has 2 aliphatic heterocycles. The number of ether oxygens (including phenoxy) is 3. The van der Waals surface area contributed by atoms with Crippen molar-refractivity contribution < 1.29 is 33.7 Å². The third-order valence-electron chi connectivity index (χ3n) is 8.07. The van der Waals surface area contributed by atoms with Crippen molar-refractivity contribution in [3.63, 3.8) is 0 Å². The van der Waals surface area contributed by atoms with E-state index in [4.69, 9.17) is 9.47 Å². The van der Waals surface area contributed by atoms with Gasteiger partial charge in [0.05, 0.1) is 29.9 Å². The molecular weight excluding hydrogens is 620 g/mol. The molecule has 0 aliphatic carbocycles. The normalized spacial score (nSPS) is 20.4. The van der Waals surface area contributed by atoms with Gasteiger partial charge in [-0.3, -0.25) is 9.89 Å². The lowest BCUT2D eigenvalue weighted by Crippen LogP contribution is -2.38. The van der Waals surface area contributed by atoms with Crippen molar-refractivity contribution in [1.29, 1.82) is 0 Å². The molecule has 1 amide bonds. The minimum Gasteiger partial charge on any atom is -0.392 e. The lowest BCUT2D eigenvalue weighted by Gasteiger charge is -2.43. The van der Waals surface area contributed by atoms with E-state index in [9.17, 15) is 19.5 Å². The predicted octanol–water partition coefficient (Wildman–Crippen LogP) is 5.59. The van der Waals surface area contributed by atoms with E-state index in [1.54, 1.807) is 18.2 Å². The number of hydrogen-bond acceptors (Lipinski definition) is 10. The van der Waals surface area contributed by atoms with Crippen molar-refractivity contribution in [2.75, 3.05) is 11.1 Å². The average Bonchev–Trinajstić information content (AvgIpc) is 3.74. The maximum atomic E-state index is 13.2. The van der Waals surface area contributed by atoms with Crippen molar-refractivity contribution in [2.45, 2.75) is 36.2 Å². The molecule has 0 radical (unpaired) electrons. The Hall–Kier alpha value is -5.14. The van der Waals surface area contributed by atoms with E-state index >= 15 is 0 Å². The number of benzene rings is 4. The van der Waals surface area contributed by atoms with Crippen LogP contribution in [0.15, 0.2) is 109 Å². The van der Waals surface area contributed by atoms with Gasteiger partial charge in [-0.2, -0.15) is 5.10 Å². The highest BCUT2D eigenvalue weighted by Gasteiger charge is 2.42. The molecule has 47 heavy (non-hydrogen) atoms. The Morgan fingerprint density at radius 3 is 2.40 bits per heavy atom. The summed E-state index contributed by atoms with van der Waals surface area (Å²) in [5.41, 5.74) is 4.33. The minimum absolute atomic E-state index is 0.0562. The zero-order valence-corrected chi connectivity index (χ0v) is 25.6. The van der Waals surface area contributed by atoms with Crippen molar-refractivity contribution in [2.24, 2.45) is 0 Å². The summed E-state index contributed by atoms with van der Waals surface area (Å²) >= 11 is 1.50. The Balaban J connectivity index is 1.19. The number of H-pyrrole nitrogens is 1. The van der Waals surface area contributed by atoms with Crippen LogP contribution in [0.25, 0.3) is 0 Å². The van der Waals surface area contributed by atoms with Gasteiger partial charge in [0.1, 0.15) is 6.33 Å². The van der Waals surface area contributed by atoms with Gasteiger partial charge in [0.2, 0.25) is 0 Å². The first-order valence-electron chi connectivity index (χ1n) is 14.8. The molecule has 0 saturated carbocycles. The fourth-order valence-electron chi connectivity index (χ4n) is 5.77. The van der Waals surface area contributed by atoms with Gasteiger partial charge < -0.3 is 24.6 Å². The van der Waals surface area contributed by atoms with Crippen LogP contribution in [-0.4, -0.2) is 50.0 Å². The summed E-state index contributed by atoms with van der Waals surface area (Å²) in [7, 11) is 0. The van der Waals surface area contributed by atoms with E-state index in [-0.39, 0.29) is 35.3 Å². The minimum atomic E-state index is -0.796. The van der Waals surface area contributed by atoms with Crippen molar-refractivity contribution in [3.8, 4) is 0 Å². The molecular formula is C35H28N4O7S. The fraction of sp³-hybridized carbons (Fsp3) is 0.171. The molecule has 12 heteroatoms. The van der Waals surface area contributed by atoms with Crippen LogP contribution < -0.4 is 5.32 Å².